The van der Waals surface area contributed by atoms with Crippen LogP contribution in [0.5, 0.6) is 0 Å². The van der Waals surface area contributed by atoms with Crippen LogP contribution in [-0.4, -0.2) is 30.2 Å². The van der Waals surface area contributed by atoms with E-state index >= 15 is 0 Å². The highest BCUT2D eigenvalue weighted by Gasteiger charge is 2.57. The summed E-state index contributed by atoms with van der Waals surface area (Å²) in [5.74, 6) is 1.38. The lowest BCUT2D eigenvalue weighted by molar-refractivity contribution is -0.0389. The summed E-state index contributed by atoms with van der Waals surface area (Å²) in [5, 5.41) is 0. The van der Waals surface area contributed by atoms with Crippen LogP contribution in [-0.2, 0) is 4.74 Å². The summed E-state index contributed by atoms with van der Waals surface area (Å²) in [4.78, 5) is 2.72. The van der Waals surface area contributed by atoms with Gasteiger partial charge in [-0.15, -0.1) is 0 Å². The van der Waals surface area contributed by atoms with Crippen molar-refractivity contribution in [3.8, 4) is 0 Å². The lowest BCUT2D eigenvalue weighted by Crippen LogP contribution is -2.35. The zero-order valence-electron chi connectivity index (χ0n) is 13.9. The van der Waals surface area contributed by atoms with Crippen LogP contribution in [0.3, 0.4) is 0 Å². The maximum absolute atomic E-state index is 5.48. The number of nitrogens with zero attached hydrogens (tertiary/aromatic N) is 1. The molecular weight excluding hydrogens is 282 g/mol. The maximum atomic E-state index is 5.48. The third-order valence-electron chi connectivity index (χ3n) is 5.31. The molecule has 0 N–H and O–H groups in total. The average Bonchev–Trinajstić information content (AvgIpc) is 3.23. The summed E-state index contributed by atoms with van der Waals surface area (Å²) in [6, 6.07) is 23.6. The Morgan fingerprint density at radius 2 is 1.39 bits per heavy atom. The molecule has 0 aliphatic carbocycles. The van der Waals surface area contributed by atoms with Crippen LogP contribution in [0, 0.1) is 11.8 Å². The molecule has 2 heteroatoms. The molecule has 2 nitrogen and oxygen atoms in total. The molecule has 2 heterocycles. The van der Waals surface area contributed by atoms with Crippen LogP contribution in [0.15, 0.2) is 60.7 Å². The van der Waals surface area contributed by atoms with E-state index in [4.69, 9.17) is 4.74 Å². The number of hydrogen-bond acceptors (Lipinski definition) is 2. The quantitative estimate of drug-likeness (QED) is 0.770. The molecule has 2 aliphatic heterocycles. The van der Waals surface area contributed by atoms with Crippen molar-refractivity contribution in [3.63, 3.8) is 0 Å². The van der Waals surface area contributed by atoms with E-state index in [2.05, 4.69) is 79.4 Å². The van der Waals surface area contributed by atoms with E-state index in [0.717, 1.165) is 13.2 Å². The number of ether oxygens (including phenoxy) is 1. The van der Waals surface area contributed by atoms with Crippen molar-refractivity contribution in [3.05, 3.63) is 71.8 Å². The minimum absolute atomic E-state index is 0.357. The Morgan fingerprint density at radius 3 is 1.78 bits per heavy atom. The van der Waals surface area contributed by atoms with Gasteiger partial charge in [0.05, 0.1) is 19.3 Å². The second-order valence-corrected chi connectivity index (χ2v) is 7.19. The normalized spacial score (nSPS) is 27.2. The lowest BCUT2D eigenvalue weighted by Gasteiger charge is -2.28. The average molecular weight is 307 g/mol. The Morgan fingerprint density at radius 1 is 0.870 bits per heavy atom. The van der Waals surface area contributed by atoms with Crippen LogP contribution in [0.2, 0.25) is 0 Å². The molecule has 2 aromatic carbocycles. The van der Waals surface area contributed by atoms with Gasteiger partial charge in [0.25, 0.3) is 0 Å². The smallest absolute Gasteiger partial charge is 0.0608 e. The van der Waals surface area contributed by atoms with Crippen LogP contribution in [0.1, 0.15) is 31.0 Å². The summed E-state index contributed by atoms with van der Waals surface area (Å²) in [7, 11) is 0. The zero-order valence-corrected chi connectivity index (χ0v) is 13.9. The Labute approximate surface area is 139 Å². The first-order valence-corrected chi connectivity index (χ1v) is 8.72. The van der Waals surface area contributed by atoms with Gasteiger partial charge >= 0.3 is 0 Å². The van der Waals surface area contributed by atoms with E-state index < -0.39 is 0 Å². The molecule has 120 valence electrons. The molecule has 0 spiro atoms. The summed E-state index contributed by atoms with van der Waals surface area (Å²) in [5.41, 5.74) is 2.79. The molecule has 23 heavy (non-hydrogen) atoms. The minimum Gasteiger partial charge on any atom is -0.381 e. The maximum Gasteiger partial charge on any atom is 0.0608 e. The van der Waals surface area contributed by atoms with E-state index in [0.29, 0.717) is 30.0 Å². The molecule has 0 saturated carbocycles. The van der Waals surface area contributed by atoms with Gasteiger partial charge in [-0.25, -0.2) is 0 Å². The summed E-state index contributed by atoms with van der Waals surface area (Å²) in [6.45, 7) is 6.57. The van der Waals surface area contributed by atoms with Crippen molar-refractivity contribution in [2.45, 2.75) is 32.0 Å². The second kappa shape index (κ2) is 6.10. The summed E-state index contributed by atoms with van der Waals surface area (Å²) in [6.07, 6.45) is 0. The highest BCUT2D eigenvalue weighted by atomic mass is 16.5. The highest BCUT2D eigenvalue weighted by Crippen LogP contribution is 2.49. The predicted molar refractivity (Wildman–Crippen MR) is 93.3 cm³/mol. The van der Waals surface area contributed by atoms with E-state index in [-0.39, 0.29) is 0 Å². The summed E-state index contributed by atoms with van der Waals surface area (Å²) < 4.78 is 5.48. The van der Waals surface area contributed by atoms with Crippen molar-refractivity contribution >= 4 is 0 Å². The molecule has 2 fully saturated rings. The molecule has 2 aromatic rings. The van der Waals surface area contributed by atoms with Crippen LogP contribution in [0.25, 0.3) is 0 Å². The molecule has 0 amide bonds. The SMILES string of the molecule is CC(C)[C@@H]1[C@H](C2COC2)N1C(c1ccccc1)c1ccccc1. The third-order valence-corrected chi connectivity index (χ3v) is 5.31. The van der Waals surface area contributed by atoms with Gasteiger partial charge in [0, 0.05) is 18.0 Å². The Kier molecular flexibility index (Phi) is 3.96. The van der Waals surface area contributed by atoms with Crippen LogP contribution in [0.4, 0.5) is 0 Å². The molecule has 0 radical (unpaired) electrons. The minimum atomic E-state index is 0.357. The molecule has 1 unspecified atom stereocenters. The zero-order chi connectivity index (χ0) is 15.8. The summed E-state index contributed by atoms with van der Waals surface area (Å²) >= 11 is 0. The van der Waals surface area contributed by atoms with Crippen LogP contribution >= 0.6 is 0 Å². The number of hydrogen-bond donors (Lipinski definition) is 0. The van der Waals surface area contributed by atoms with E-state index in [1.165, 1.54) is 11.1 Å². The Bertz CT molecular complexity index is 596. The predicted octanol–water partition coefficient (Wildman–Crippen LogP) is 4.13. The van der Waals surface area contributed by atoms with Gasteiger partial charge in [-0.05, 0) is 17.0 Å². The fraction of sp³-hybridized carbons (Fsp3) is 0.429. The van der Waals surface area contributed by atoms with Gasteiger partial charge in [0.1, 0.15) is 0 Å². The van der Waals surface area contributed by atoms with Crippen LogP contribution < -0.4 is 0 Å². The van der Waals surface area contributed by atoms with Gasteiger partial charge in [-0.3, -0.25) is 4.90 Å². The van der Waals surface area contributed by atoms with Crippen molar-refractivity contribution in [1.82, 2.24) is 4.90 Å². The van der Waals surface area contributed by atoms with E-state index in [9.17, 15) is 0 Å². The number of rotatable bonds is 5. The number of benzene rings is 2. The van der Waals surface area contributed by atoms with Gasteiger partial charge in [-0.1, -0.05) is 74.5 Å². The molecular formula is C21H25NO. The molecule has 0 aromatic heterocycles. The molecule has 0 bridgehead atoms. The van der Waals surface area contributed by atoms with E-state index in [1.807, 2.05) is 0 Å². The van der Waals surface area contributed by atoms with Gasteiger partial charge < -0.3 is 4.74 Å². The first kappa shape index (κ1) is 14.9. The lowest BCUT2D eigenvalue weighted by atomic mass is 9.96. The van der Waals surface area contributed by atoms with Crippen molar-refractivity contribution in [1.29, 1.82) is 0 Å². The fourth-order valence-electron chi connectivity index (χ4n) is 4.15. The fourth-order valence-corrected chi connectivity index (χ4v) is 4.15. The monoisotopic (exact) mass is 307 g/mol. The Hall–Kier alpha value is -1.64. The van der Waals surface area contributed by atoms with Crippen molar-refractivity contribution in [2.24, 2.45) is 11.8 Å². The first-order valence-electron chi connectivity index (χ1n) is 8.72. The molecule has 2 aliphatic rings. The van der Waals surface area contributed by atoms with E-state index in [1.54, 1.807) is 0 Å². The second-order valence-electron chi connectivity index (χ2n) is 7.19. The topological polar surface area (TPSA) is 12.2 Å². The van der Waals surface area contributed by atoms with Crippen molar-refractivity contribution < 1.29 is 4.74 Å². The standard InChI is InChI=1S/C21H25NO/c1-15(2)19-21(18-13-23-14-18)22(19)20(16-9-5-3-6-10-16)17-11-7-4-8-12-17/h3-12,15,18-21H,13-14H2,1-2H3/t19-,21+,22?/m1/s1. The first-order chi connectivity index (χ1) is 11.3. The molecule has 3 atom stereocenters. The van der Waals surface area contributed by atoms with Gasteiger partial charge in [0.15, 0.2) is 0 Å². The van der Waals surface area contributed by atoms with Gasteiger partial charge in [-0.2, -0.15) is 0 Å². The largest absolute Gasteiger partial charge is 0.381 e. The molecule has 4 rings (SSSR count). The Balaban J connectivity index is 1.71. The molecule has 2 saturated heterocycles. The third kappa shape index (κ3) is 2.71. The van der Waals surface area contributed by atoms with Gasteiger partial charge in [0.2, 0.25) is 0 Å². The van der Waals surface area contributed by atoms with Crippen molar-refractivity contribution in [2.75, 3.05) is 13.2 Å². The highest BCUT2D eigenvalue weighted by molar-refractivity contribution is 5.35.